The lowest BCUT2D eigenvalue weighted by atomic mass is 10.0. The molecule has 1 N–H and O–H groups in total. The van der Waals surface area contributed by atoms with Gasteiger partial charge in [0.1, 0.15) is 0 Å². The molecule has 0 saturated carbocycles. The summed E-state index contributed by atoms with van der Waals surface area (Å²) in [5, 5.41) is 3.72. The average molecular weight is 301 g/mol. The van der Waals surface area contributed by atoms with Gasteiger partial charge in [0.05, 0.1) is 0 Å². The van der Waals surface area contributed by atoms with E-state index in [2.05, 4.69) is 61.6 Å². The molecule has 0 aliphatic heterocycles. The van der Waals surface area contributed by atoms with E-state index in [1.807, 2.05) is 11.3 Å². The molecule has 1 aromatic heterocycles. The van der Waals surface area contributed by atoms with Crippen LogP contribution in [0.15, 0.2) is 42.5 Å². The summed E-state index contributed by atoms with van der Waals surface area (Å²) in [5.41, 5.74) is 1.45. The Morgan fingerprint density at radius 2 is 1.86 bits per heavy atom. The van der Waals surface area contributed by atoms with Gasteiger partial charge in [-0.15, -0.1) is 11.3 Å². The molecule has 0 aliphatic rings. The van der Waals surface area contributed by atoms with Crippen LogP contribution in [0.2, 0.25) is 0 Å². The summed E-state index contributed by atoms with van der Waals surface area (Å²) in [7, 11) is 0. The molecule has 2 heteroatoms. The zero-order valence-electron chi connectivity index (χ0n) is 13.3. The fourth-order valence-corrected chi connectivity index (χ4v) is 3.65. The molecule has 2 rings (SSSR count). The largest absolute Gasteiger partial charge is 0.309 e. The summed E-state index contributed by atoms with van der Waals surface area (Å²) in [4.78, 5) is 3.00. The summed E-state index contributed by atoms with van der Waals surface area (Å²) < 4.78 is 0. The molecular formula is C19H27NS. The van der Waals surface area contributed by atoms with Crippen molar-refractivity contribution in [3.63, 3.8) is 0 Å². The molecule has 2 aromatic rings. The minimum absolute atomic E-state index is 0.527. The first-order valence-corrected chi connectivity index (χ1v) is 9.01. The SMILES string of the molecule is CCCNC(CCCc1ccccc1)c1ccc(CC)s1. The zero-order chi connectivity index (χ0) is 14.9. The maximum atomic E-state index is 3.72. The molecule has 114 valence electrons. The van der Waals surface area contributed by atoms with E-state index in [1.165, 1.54) is 41.0 Å². The van der Waals surface area contributed by atoms with Crippen LogP contribution in [0.3, 0.4) is 0 Å². The molecule has 0 fully saturated rings. The first-order valence-electron chi connectivity index (χ1n) is 8.19. The van der Waals surface area contributed by atoms with Crippen LogP contribution in [-0.2, 0) is 12.8 Å². The van der Waals surface area contributed by atoms with Gasteiger partial charge in [0.25, 0.3) is 0 Å². The van der Waals surface area contributed by atoms with Crippen molar-refractivity contribution in [1.29, 1.82) is 0 Å². The van der Waals surface area contributed by atoms with Crippen molar-refractivity contribution in [3.8, 4) is 0 Å². The van der Waals surface area contributed by atoms with Gasteiger partial charge in [-0.3, -0.25) is 0 Å². The van der Waals surface area contributed by atoms with Crippen molar-refractivity contribution in [2.24, 2.45) is 0 Å². The maximum absolute atomic E-state index is 3.72. The van der Waals surface area contributed by atoms with E-state index < -0.39 is 0 Å². The molecule has 1 nitrogen and oxygen atoms in total. The van der Waals surface area contributed by atoms with Gasteiger partial charge in [-0.1, -0.05) is 44.2 Å². The standard InChI is InChI=1S/C19H27NS/c1-3-15-20-18(19-14-13-17(4-2)21-19)12-8-11-16-9-6-5-7-10-16/h5-7,9-10,13-14,18,20H,3-4,8,11-12,15H2,1-2H3. The lowest BCUT2D eigenvalue weighted by Gasteiger charge is -2.17. The van der Waals surface area contributed by atoms with E-state index in [1.54, 1.807) is 0 Å². The van der Waals surface area contributed by atoms with Crippen molar-refractivity contribution in [2.45, 2.75) is 52.0 Å². The summed E-state index contributed by atoms with van der Waals surface area (Å²) in [6, 6.07) is 16.0. The monoisotopic (exact) mass is 301 g/mol. The second-order valence-electron chi connectivity index (χ2n) is 5.54. The number of aryl methyl sites for hydroxylation is 2. The first kappa shape index (κ1) is 16.3. The number of hydrogen-bond acceptors (Lipinski definition) is 2. The quantitative estimate of drug-likeness (QED) is 0.656. The zero-order valence-corrected chi connectivity index (χ0v) is 14.1. The van der Waals surface area contributed by atoms with E-state index in [0.717, 1.165) is 13.0 Å². The molecule has 1 atom stereocenters. The second kappa shape index (κ2) is 9.01. The van der Waals surface area contributed by atoms with Crippen LogP contribution in [0.25, 0.3) is 0 Å². The Bertz CT molecular complexity index is 503. The average Bonchev–Trinajstić information content (AvgIpc) is 3.00. The minimum Gasteiger partial charge on any atom is -0.309 e. The summed E-state index contributed by atoms with van der Waals surface area (Å²) in [6.45, 7) is 5.58. The molecule has 0 spiro atoms. The highest BCUT2D eigenvalue weighted by atomic mass is 32.1. The Morgan fingerprint density at radius 3 is 2.52 bits per heavy atom. The van der Waals surface area contributed by atoms with Crippen molar-refractivity contribution < 1.29 is 0 Å². The van der Waals surface area contributed by atoms with Crippen LogP contribution in [0.4, 0.5) is 0 Å². The highest BCUT2D eigenvalue weighted by molar-refractivity contribution is 7.12. The number of rotatable bonds is 9. The normalized spacial score (nSPS) is 12.5. The Morgan fingerprint density at radius 1 is 1.05 bits per heavy atom. The highest BCUT2D eigenvalue weighted by Crippen LogP contribution is 2.27. The summed E-state index contributed by atoms with van der Waals surface area (Å²) >= 11 is 1.98. The number of thiophene rings is 1. The van der Waals surface area contributed by atoms with Crippen LogP contribution >= 0.6 is 11.3 Å². The van der Waals surface area contributed by atoms with Crippen LogP contribution in [-0.4, -0.2) is 6.54 Å². The van der Waals surface area contributed by atoms with Gasteiger partial charge in [-0.2, -0.15) is 0 Å². The highest BCUT2D eigenvalue weighted by Gasteiger charge is 2.12. The predicted molar refractivity (Wildman–Crippen MR) is 94.1 cm³/mol. The Balaban J connectivity index is 1.90. The minimum atomic E-state index is 0.527. The molecular weight excluding hydrogens is 274 g/mol. The smallest absolute Gasteiger partial charge is 0.0415 e. The molecule has 0 amide bonds. The van der Waals surface area contributed by atoms with E-state index in [0.29, 0.717) is 6.04 Å². The molecule has 0 radical (unpaired) electrons. The van der Waals surface area contributed by atoms with Crippen LogP contribution in [0, 0.1) is 0 Å². The maximum Gasteiger partial charge on any atom is 0.0415 e. The first-order chi connectivity index (χ1) is 10.3. The van der Waals surface area contributed by atoms with Gasteiger partial charge in [0.15, 0.2) is 0 Å². The van der Waals surface area contributed by atoms with Gasteiger partial charge in [-0.05, 0) is 56.3 Å². The molecule has 0 saturated heterocycles. The predicted octanol–water partition coefficient (Wildman–Crippen LogP) is 5.37. The fraction of sp³-hybridized carbons (Fsp3) is 0.474. The van der Waals surface area contributed by atoms with E-state index >= 15 is 0 Å². The van der Waals surface area contributed by atoms with Crippen LogP contribution < -0.4 is 5.32 Å². The van der Waals surface area contributed by atoms with Gasteiger partial charge < -0.3 is 5.32 Å². The molecule has 1 unspecified atom stereocenters. The summed E-state index contributed by atoms with van der Waals surface area (Å²) in [5.74, 6) is 0. The molecule has 1 aromatic carbocycles. The molecule has 21 heavy (non-hydrogen) atoms. The lowest BCUT2D eigenvalue weighted by molar-refractivity contribution is 0.490. The third-order valence-corrected chi connectivity index (χ3v) is 5.16. The van der Waals surface area contributed by atoms with Gasteiger partial charge in [-0.25, -0.2) is 0 Å². The third kappa shape index (κ3) is 5.29. The van der Waals surface area contributed by atoms with Crippen molar-refractivity contribution in [3.05, 3.63) is 57.8 Å². The number of hydrogen-bond donors (Lipinski definition) is 1. The van der Waals surface area contributed by atoms with Crippen molar-refractivity contribution in [1.82, 2.24) is 5.32 Å². The molecule has 1 heterocycles. The van der Waals surface area contributed by atoms with Crippen molar-refractivity contribution in [2.75, 3.05) is 6.54 Å². The van der Waals surface area contributed by atoms with E-state index in [4.69, 9.17) is 0 Å². The number of nitrogens with one attached hydrogen (secondary N) is 1. The Labute approximate surface area is 133 Å². The topological polar surface area (TPSA) is 12.0 Å². The lowest BCUT2D eigenvalue weighted by Crippen LogP contribution is -2.21. The van der Waals surface area contributed by atoms with E-state index in [-0.39, 0.29) is 0 Å². The van der Waals surface area contributed by atoms with Gasteiger partial charge in [0.2, 0.25) is 0 Å². The van der Waals surface area contributed by atoms with Crippen LogP contribution in [0.1, 0.15) is 54.5 Å². The van der Waals surface area contributed by atoms with Crippen molar-refractivity contribution >= 4 is 11.3 Å². The van der Waals surface area contributed by atoms with Gasteiger partial charge >= 0.3 is 0 Å². The second-order valence-corrected chi connectivity index (χ2v) is 6.74. The van der Waals surface area contributed by atoms with Gasteiger partial charge in [0, 0.05) is 15.8 Å². The van der Waals surface area contributed by atoms with Crippen LogP contribution in [0.5, 0.6) is 0 Å². The summed E-state index contributed by atoms with van der Waals surface area (Å²) in [6.07, 6.45) is 5.98. The molecule has 0 bridgehead atoms. The molecule has 0 aliphatic carbocycles. The number of benzene rings is 1. The third-order valence-electron chi connectivity index (χ3n) is 3.82. The van der Waals surface area contributed by atoms with E-state index in [9.17, 15) is 0 Å². The Kier molecular flexibility index (Phi) is 6.98. The fourth-order valence-electron chi connectivity index (χ4n) is 2.59. The Hall–Kier alpha value is -1.12.